The Morgan fingerprint density at radius 1 is 1.22 bits per heavy atom. The van der Waals surface area contributed by atoms with Crippen LogP contribution in [0.15, 0.2) is 46.9 Å². The Bertz CT molecular complexity index is 1320. The maximum absolute atomic E-state index is 13.2. The van der Waals surface area contributed by atoms with E-state index in [0.717, 1.165) is 13.7 Å². The average molecular weight is 549 g/mol. The number of thiophene rings is 2. The summed E-state index contributed by atoms with van der Waals surface area (Å²) in [6.07, 6.45) is 2.49. The molecule has 36 heavy (non-hydrogen) atoms. The topological polar surface area (TPSA) is 126 Å². The van der Waals surface area contributed by atoms with Crippen molar-refractivity contribution in [2.75, 3.05) is 13.1 Å². The summed E-state index contributed by atoms with van der Waals surface area (Å²) in [4.78, 5) is 43.5. The van der Waals surface area contributed by atoms with Crippen molar-refractivity contribution in [2.24, 2.45) is 5.92 Å². The molecular formula is C24H28N4O5S3. The van der Waals surface area contributed by atoms with Crippen LogP contribution >= 0.6 is 22.7 Å². The van der Waals surface area contributed by atoms with Gasteiger partial charge in [0.25, 0.3) is 15.9 Å². The molecule has 0 spiro atoms. The highest BCUT2D eigenvalue weighted by molar-refractivity contribution is 7.89. The number of pyridine rings is 1. The second-order valence-corrected chi connectivity index (χ2v) is 13.0. The van der Waals surface area contributed by atoms with E-state index in [1.165, 1.54) is 23.6 Å². The monoisotopic (exact) mass is 548 g/mol. The van der Waals surface area contributed by atoms with Crippen LogP contribution in [0, 0.1) is 5.92 Å². The van der Waals surface area contributed by atoms with Crippen molar-refractivity contribution in [1.29, 1.82) is 0 Å². The molecule has 1 unspecified atom stereocenters. The number of Topliss-reactive ketones (excluding diaryl/α,β-unsaturated/α-hetero) is 1. The molecule has 3 aromatic rings. The van der Waals surface area contributed by atoms with Gasteiger partial charge in [-0.15, -0.1) is 22.7 Å². The highest BCUT2D eigenvalue weighted by Crippen LogP contribution is 2.30. The summed E-state index contributed by atoms with van der Waals surface area (Å²) >= 11 is 2.92. The zero-order chi connectivity index (χ0) is 25.9. The van der Waals surface area contributed by atoms with Crippen LogP contribution in [0.2, 0.25) is 0 Å². The van der Waals surface area contributed by atoms with Gasteiger partial charge < -0.3 is 10.6 Å². The molecule has 2 N–H and O–H groups in total. The minimum Gasteiger partial charge on any atom is -0.344 e. The van der Waals surface area contributed by atoms with Gasteiger partial charge in [0.1, 0.15) is 6.04 Å². The summed E-state index contributed by atoms with van der Waals surface area (Å²) in [6.45, 7) is 3.70. The summed E-state index contributed by atoms with van der Waals surface area (Å²) < 4.78 is 29.0. The van der Waals surface area contributed by atoms with Crippen molar-refractivity contribution in [3.63, 3.8) is 0 Å². The highest BCUT2D eigenvalue weighted by Gasteiger charge is 2.35. The molecule has 0 aliphatic carbocycles. The first kappa shape index (κ1) is 26.4. The highest BCUT2D eigenvalue weighted by atomic mass is 32.2. The van der Waals surface area contributed by atoms with Gasteiger partial charge in [-0.3, -0.25) is 14.4 Å². The summed E-state index contributed by atoms with van der Waals surface area (Å²) in [6, 6.07) is 6.70. The van der Waals surface area contributed by atoms with E-state index in [9.17, 15) is 22.8 Å². The Balaban J connectivity index is 1.43. The SMILES string of the molecule is CC(C)CC(NC(=O)c1cc2sccc2s1)C(=O)N[C@H]1CCCN(S(=O)(=O)c2ccccn2)CC1=O. The predicted molar refractivity (Wildman–Crippen MR) is 140 cm³/mol. The van der Waals surface area contributed by atoms with E-state index in [2.05, 4.69) is 15.6 Å². The number of nitrogens with zero attached hydrogens (tertiary/aromatic N) is 2. The zero-order valence-electron chi connectivity index (χ0n) is 20.0. The van der Waals surface area contributed by atoms with Gasteiger partial charge in [0.15, 0.2) is 10.8 Å². The fourth-order valence-electron chi connectivity index (χ4n) is 4.07. The molecule has 12 heteroatoms. The van der Waals surface area contributed by atoms with Crippen LogP contribution in [-0.2, 0) is 19.6 Å². The van der Waals surface area contributed by atoms with E-state index in [0.29, 0.717) is 24.1 Å². The quantitative estimate of drug-likeness (QED) is 0.446. The first-order valence-corrected chi connectivity index (χ1v) is 14.8. The van der Waals surface area contributed by atoms with E-state index >= 15 is 0 Å². The van der Waals surface area contributed by atoms with E-state index in [4.69, 9.17) is 0 Å². The van der Waals surface area contributed by atoms with Gasteiger partial charge in [-0.25, -0.2) is 13.4 Å². The lowest BCUT2D eigenvalue weighted by molar-refractivity contribution is -0.129. The lowest BCUT2D eigenvalue weighted by Gasteiger charge is -2.23. The molecule has 0 aromatic carbocycles. The molecule has 9 nitrogen and oxygen atoms in total. The summed E-state index contributed by atoms with van der Waals surface area (Å²) in [5.74, 6) is -1.05. The van der Waals surface area contributed by atoms with Gasteiger partial charge in [-0.05, 0) is 54.8 Å². The van der Waals surface area contributed by atoms with Crippen molar-refractivity contribution in [3.05, 3.63) is 46.8 Å². The summed E-state index contributed by atoms with van der Waals surface area (Å²) in [5, 5.41) is 7.44. The Morgan fingerprint density at radius 2 is 2.03 bits per heavy atom. The first-order chi connectivity index (χ1) is 17.1. The zero-order valence-corrected chi connectivity index (χ0v) is 22.4. The van der Waals surface area contributed by atoms with Gasteiger partial charge in [0.2, 0.25) is 5.91 Å². The van der Waals surface area contributed by atoms with Gasteiger partial charge in [0.05, 0.1) is 17.5 Å². The summed E-state index contributed by atoms with van der Waals surface area (Å²) in [7, 11) is -3.92. The molecular weight excluding hydrogens is 520 g/mol. The molecule has 0 saturated carbocycles. The van der Waals surface area contributed by atoms with Gasteiger partial charge in [0, 0.05) is 22.1 Å². The number of fused-ring (bicyclic) bond motifs is 1. The molecule has 1 saturated heterocycles. The van der Waals surface area contributed by atoms with Crippen LogP contribution < -0.4 is 10.6 Å². The van der Waals surface area contributed by atoms with Gasteiger partial charge >= 0.3 is 0 Å². The van der Waals surface area contributed by atoms with Crippen LogP contribution in [0.1, 0.15) is 42.8 Å². The van der Waals surface area contributed by atoms with Crippen LogP contribution in [0.5, 0.6) is 0 Å². The third kappa shape index (κ3) is 6.00. The third-order valence-corrected chi connectivity index (χ3v) is 9.73. The minimum absolute atomic E-state index is 0.117. The second-order valence-electron chi connectivity index (χ2n) is 9.09. The Morgan fingerprint density at radius 3 is 2.72 bits per heavy atom. The molecule has 192 valence electrons. The number of sulfonamides is 1. The molecule has 3 aromatic heterocycles. The average Bonchev–Trinajstić information content (AvgIpc) is 3.40. The Hall–Kier alpha value is -2.67. The lowest BCUT2D eigenvalue weighted by Crippen LogP contribution is -2.52. The van der Waals surface area contributed by atoms with Gasteiger partial charge in [-0.2, -0.15) is 4.31 Å². The smallest absolute Gasteiger partial charge is 0.262 e. The fourth-order valence-corrected chi connectivity index (χ4v) is 7.46. The minimum atomic E-state index is -3.92. The normalized spacial score (nSPS) is 18.2. The van der Waals surface area contributed by atoms with E-state index in [1.54, 1.807) is 23.5 Å². The molecule has 2 atom stereocenters. The van der Waals surface area contributed by atoms with Crippen molar-refractivity contribution < 1.29 is 22.8 Å². The number of carbonyl (C=O) groups is 3. The lowest BCUT2D eigenvalue weighted by atomic mass is 10.0. The Labute approximate surface area is 218 Å². The molecule has 4 heterocycles. The number of aromatic nitrogens is 1. The maximum Gasteiger partial charge on any atom is 0.262 e. The molecule has 1 aliphatic heterocycles. The van der Waals surface area contributed by atoms with Crippen molar-refractivity contribution >= 4 is 59.7 Å². The number of hydrogen-bond acceptors (Lipinski definition) is 8. The number of rotatable bonds is 8. The molecule has 2 amide bonds. The Kier molecular flexibility index (Phi) is 8.18. The molecule has 4 rings (SSSR count). The second kappa shape index (κ2) is 11.2. The van der Waals surface area contributed by atoms with E-state index in [-0.39, 0.29) is 29.9 Å². The van der Waals surface area contributed by atoms with Crippen LogP contribution in [0.4, 0.5) is 0 Å². The molecule has 0 bridgehead atoms. The number of amides is 2. The number of ketones is 1. The number of carbonyl (C=O) groups excluding carboxylic acids is 3. The molecule has 1 aliphatic rings. The standard InChI is InChI=1S/C24H28N4O5S3/c1-15(2)12-17(27-24(31)21-13-20-19(35-21)8-11-34-20)23(30)26-16-6-5-10-28(14-18(16)29)36(32,33)22-7-3-4-9-25-22/h3-4,7-9,11,13,15-17H,5-6,10,12,14H2,1-2H3,(H,26,30)(H,27,31)/t16-,17?/m0/s1. The number of nitrogens with one attached hydrogen (secondary N) is 2. The third-order valence-electron chi connectivity index (χ3n) is 5.87. The first-order valence-electron chi connectivity index (χ1n) is 11.7. The molecule has 0 radical (unpaired) electrons. The predicted octanol–water partition coefficient (Wildman–Crippen LogP) is 3.04. The van der Waals surface area contributed by atoms with Crippen molar-refractivity contribution in [2.45, 2.75) is 50.2 Å². The van der Waals surface area contributed by atoms with Crippen molar-refractivity contribution in [1.82, 2.24) is 19.9 Å². The molecule has 1 fully saturated rings. The summed E-state index contributed by atoms with van der Waals surface area (Å²) in [5.41, 5.74) is 0. The van der Waals surface area contributed by atoms with E-state index in [1.807, 2.05) is 31.4 Å². The number of hydrogen-bond donors (Lipinski definition) is 2. The van der Waals surface area contributed by atoms with E-state index < -0.39 is 33.8 Å². The largest absolute Gasteiger partial charge is 0.344 e. The van der Waals surface area contributed by atoms with Crippen LogP contribution in [0.25, 0.3) is 9.40 Å². The van der Waals surface area contributed by atoms with Crippen LogP contribution in [-0.4, -0.2) is 60.5 Å². The van der Waals surface area contributed by atoms with Crippen molar-refractivity contribution in [3.8, 4) is 0 Å². The van der Waals surface area contributed by atoms with Crippen LogP contribution in [0.3, 0.4) is 0 Å². The van der Waals surface area contributed by atoms with Gasteiger partial charge in [-0.1, -0.05) is 19.9 Å². The maximum atomic E-state index is 13.2. The fraction of sp³-hybridized carbons (Fsp3) is 0.417.